The molecule has 0 unspecified atom stereocenters. The lowest BCUT2D eigenvalue weighted by Crippen LogP contribution is -2.03. The van der Waals surface area contributed by atoms with Gasteiger partial charge in [0.05, 0.1) is 5.01 Å². The van der Waals surface area contributed by atoms with E-state index in [4.69, 9.17) is 9.47 Å². The van der Waals surface area contributed by atoms with Gasteiger partial charge in [0.1, 0.15) is 5.69 Å². The molecule has 1 aromatic heterocycles. The summed E-state index contributed by atoms with van der Waals surface area (Å²) in [6, 6.07) is 0. The molecule has 3 nitrogen and oxygen atoms in total. The fourth-order valence-corrected chi connectivity index (χ4v) is 2.00. The lowest BCUT2D eigenvalue weighted by atomic mass is 10.3. The van der Waals surface area contributed by atoms with Crippen molar-refractivity contribution < 1.29 is 9.47 Å². The topological polar surface area (TPSA) is 31.4 Å². The lowest BCUT2D eigenvalue weighted by molar-refractivity contribution is -0.108. The molecule has 0 saturated carbocycles. The highest BCUT2D eigenvalue weighted by molar-refractivity contribution is 7.09. The van der Waals surface area contributed by atoms with Gasteiger partial charge in [-0.05, 0) is 12.8 Å². The van der Waals surface area contributed by atoms with Crippen molar-refractivity contribution in [1.82, 2.24) is 4.98 Å². The molecule has 1 aromatic rings. The minimum Gasteiger partial charge on any atom is -0.350 e. The monoisotopic (exact) mass is 201 g/mol. The molecule has 0 spiro atoms. The van der Waals surface area contributed by atoms with Gasteiger partial charge in [0, 0.05) is 19.6 Å². The van der Waals surface area contributed by atoms with Gasteiger partial charge in [-0.1, -0.05) is 6.92 Å². The molecule has 1 rings (SSSR count). The summed E-state index contributed by atoms with van der Waals surface area (Å²) in [5, 5.41) is 3.14. The summed E-state index contributed by atoms with van der Waals surface area (Å²) in [7, 11) is 3.24. The Kier molecular flexibility index (Phi) is 4.35. The van der Waals surface area contributed by atoms with Gasteiger partial charge >= 0.3 is 0 Å². The molecule has 74 valence electrons. The fourth-order valence-electron chi connectivity index (χ4n) is 1.10. The van der Waals surface area contributed by atoms with E-state index in [1.807, 2.05) is 5.38 Å². The van der Waals surface area contributed by atoms with Crippen molar-refractivity contribution in [2.75, 3.05) is 14.2 Å². The zero-order valence-corrected chi connectivity index (χ0v) is 9.06. The van der Waals surface area contributed by atoms with Crippen LogP contribution in [-0.4, -0.2) is 19.2 Å². The van der Waals surface area contributed by atoms with E-state index in [0.717, 1.165) is 23.5 Å². The van der Waals surface area contributed by atoms with E-state index in [-0.39, 0.29) is 6.29 Å². The summed E-state index contributed by atoms with van der Waals surface area (Å²) in [5.41, 5.74) is 0.874. The van der Waals surface area contributed by atoms with Crippen LogP contribution in [-0.2, 0) is 15.9 Å². The maximum absolute atomic E-state index is 5.10. The number of nitrogens with zero attached hydrogens (tertiary/aromatic N) is 1. The first-order valence-corrected chi connectivity index (χ1v) is 5.19. The first-order valence-electron chi connectivity index (χ1n) is 4.31. The van der Waals surface area contributed by atoms with E-state index >= 15 is 0 Å². The smallest absolute Gasteiger partial charge is 0.201 e. The summed E-state index contributed by atoms with van der Waals surface area (Å²) in [4.78, 5) is 4.41. The quantitative estimate of drug-likeness (QED) is 0.685. The number of thiazole rings is 1. The summed E-state index contributed by atoms with van der Waals surface area (Å²) in [6.45, 7) is 2.14. The number of methoxy groups -OCH3 is 2. The Labute approximate surface area is 82.7 Å². The molecule has 0 saturated heterocycles. The normalized spacial score (nSPS) is 11.1. The third-order valence-corrected chi connectivity index (χ3v) is 2.63. The zero-order valence-electron chi connectivity index (χ0n) is 8.24. The van der Waals surface area contributed by atoms with Gasteiger partial charge in [-0.15, -0.1) is 11.3 Å². The second-order valence-corrected chi connectivity index (χ2v) is 3.66. The summed E-state index contributed by atoms with van der Waals surface area (Å²) in [6.07, 6.45) is 1.84. The number of aromatic nitrogens is 1. The molecule has 4 heteroatoms. The van der Waals surface area contributed by atoms with Gasteiger partial charge in [0.15, 0.2) is 0 Å². The highest BCUT2D eigenvalue weighted by Gasteiger charge is 2.12. The van der Waals surface area contributed by atoms with Gasteiger partial charge in [0.2, 0.25) is 6.29 Å². The number of ether oxygens (including phenoxy) is 2. The maximum Gasteiger partial charge on any atom is 0.201 e. The molecule has 0 aliphatic carbocycles. The number of hydrogen-bond donors (Lipinski definition) is 0. The number of aryl methyl sites for hydroxylation is 1. The van der Waals surface area contributed by atoms with Crippen molar-refractivity contribution in [2.45, 2.75) is 26.1 Å². The molecule has 1 heterocycles. The predicted molar refractivity (Wildman–Crippen MR) is 52.9 cm³/mol. The molecule has 0 aromatic carbocycles. The Morgan fingerprint density at radius 1 is 1.46 bits per heavy atom. The van der Waals surface area contributed by atoms with Crippen LogP contribution in [0.1, 0.15) is 30.3 Å². The van der Waals surface area contributed by atoms with Crippen LogP contribution in [0.15, 0.2) is 5.38 Å². The van der Waals surface area contributed by atoms with Crippen LogP contribution >= 0.6 is 11.3 Å². The zero-order chi connectivity index (χ0) is 9.68. The van der Waals surface area contributed by atoms with Gasteiger partial charge in [-0.2, -0.15) is 0 Å². The SMILES string of the molecule is CCCc1nc(C(OC)OC)cs1. The largest absolute Gasteiger partial charge is 0.350 e. The van der Waals surface area contributed by atoms with Crippen LogP contribution in [0.4, 0.5) is 0 Å². The third kappa shape index (κ3) is 2.76. The number of rotatable bonds is 5. The van der Waals surface area contributed by atoms with Gasteiger partial charge in [-0.25, -0.2) is 4.98 Å². The molecule has 0 bridgehead atoms. The van der Waals surface area contributed by atoms with E-state index < -0.39 is 0 Å². The average Bonchev–Trinajstić information content (AvgIpc) is 2.56. The molecule has 0 N–H and O–H groups in total. The van der Waals surface area contributed by atoms with E-state index in [1.165, 1.54) is 0 Å². The predicted octanol–water partition coefficient (Wildman–Crippen LogP) is 2.39. The van der Waals surface area contributed by atoms with E-state index in [1.54, 1.807) is 25.6 Å². The van der Waals surface area contributed by atoms with Crippen molar-refractivity contribution in [3.05, 3.63) is 16.1 Å². The standard InChI is InChI=1S/C9H15NO2S/c1-4-5-8-10-7(6-13-8)9(11-2)12-3/h6,9H,4-5H2,1-3H3. The minimum atomic E-state index is -0.318. The van der Waals surface area contributed by atoms with E-state index in [9.17, 15) is 0 Å². The second kappa shape index (κ2) is 5.32. The van der Waals surface area contributed by atoms with Gasteiger partial charge < -0.3 is 9.47 Å². The van der Waals surface area contributed by atoms with Crippen LogP contribution in [0.25, 0.3) is 0 Å². The summed E-state index contributed by atoms with van der Waals surface area (Å²) < 4.78 is 10.2. The Bertz CT molecular complexity index is 246. The van der Waals surface area contributed by atoms with Crippen molar-refractivity contribution in [3.63, 3.8) is 0 Å². The Balaban J connectivity index is 2.66. The lowest BCUT2D eigenvalue weighted by Gasteiger charge is -2.09. The molecule has 0 fully saturated rings. The Morgan fingerprint density at radius 3 is 2.69 bits per heavy atom. The molecule has 0 atom stereocenters. The summed E-state index contributed by atoms with van der Waals surface area (Å²) in [5.74, 6) is 0. The first kappa shape index (κ1) is 10.6. The first-order chi connectivity index (χ1) is 6.31. The molecule has 0 amide bonds. The van der Waals surface area contributed by atoms with Crippen molar-refractivity contribution >= 4 is 11.3 Å². The second-order valence-electron chi connectivity index (χ2n) is 2.72. The minimum absolute atomic E-state index is 0.318. The van der Waals surface area contributed by atoms with Gasteiger partial charge in [-0.3, -0.25) is 0 Å². The van der Waals surface area contributed by atoms with E-state index in [0.29, 0.717) is 0 Å². The summed E-state index contributed by atoms with van der Waals surface area (Å²) >= 11 is 1.66. The van der Waals surface area contributed by atoms with Crippen LogP contribution in [0, 0.1) is 0 Å². The van der Waals surface area contributed by atoms with Crippen molar-refractivity contribution in [1.29, 1.82) is 0 Å². The molecule has 0 radical (unpaired) electrons. The molecular formula is C9H15NO2S. The van der Waals surface area contributed by atoms with Crippen LogP contribution in [0.2, 0.25) is 0 Å². The van der Waals surface area contributed by atoms with Gasteiger partial charge in [0.25, 0.3) is 0 Å². The van der Waals surface area contributed by atoms with Crippen LogP contribution in [0.3, 0.4) is 0 Å². The van der Waals surface area contributed by atoms with Crippen LogP contribution in [0.5, 0.6) is 0 Å². The highest BCUT2D eigenvalue weighted by atomic mass is 32.1. The Morgan fingerprint density at radius 2 is 2.15 bits per heavy atom. The number of hydrogen-bond acceptors (Lipinski definition) is 4. The third-order valence-electron chi connectivity index (χ3n) is 1.70. The Hall–Kier alpha value is -0.450. The molecule has 0 aliphatic rings. The molecular weight excluding hydrogens is 186 g/mol. The van der Waals surface area contributed by atoms with Crippen molar-refractivity contribution in [3.8, 4) is 0 Å². The van der Waals surface area contributed by atoms with Crippen LogP contribution < -0.4 is 0 Å². The van der Waals surface area contributed by atoms with E-state index in [2.05, 4.69) is 11.9 Å². The maximum atomic E-state index is 5.10. The van der Waals surface area contributed by atoms with Crippen molar-refractivity contribution in [2.24, 2.45) is 0 Å². The average molecular weight is 201 g/mol. The highest BCUT2D eigenvalue weighted by Crippen LogP contribution is 2.20. The molecule has 0 aliphatic heterocycles. The fraction of sp³-hybridized carbons (Fsp3) is 0.667. The molecule has 13 heavy (non-hydrogen) atoms.